The van der Waals surface area contributed by atoms with Gasteiger partial charge in [-0.1, -0.05) is 20.8 Å². The molecule has 1 atom stereocenters. The van der Waals surface area contributed by atoms with Crippen LogP contribution < -0.4 is 0 Å². The van der Waals surface area contributed by atoms with Gasteiger partial charge in [-0.3, -0.25) is 4.99 Å². The molecule has 0 aliphatic rings. The van der Waals surface area contributed by atoms with Crippen LogP contribution in [-0.2, 0) is 0 Å². The third-order valence-electron chi connectivity index (χ3n) is 2.46. The van der Waals surface area contributed by atoms with E-state index in [2.05, 4.69) is 4.99 Å². The van der Waals surface area contributed by atoms with Crippen molar-refractivity contribution in [2.75, 3.05) is 7.05 Å². The minimum atomic E-state index is -0.700. The molecule has 1 unspecified atom stereocenters. The van der Waals surface area contributed by atoms with Gasteiger partial charge >= 0.3 is 0 Å². The number of hydrogen-bond acceptors (Lipinski definition) is 2. The topological polar surface area (TPSA) is 32.6 Å². The van der Waals surface area contributed by atoms with Crippen LogP contribution in [0.25, 0.3) is 0 Å². The Morgan fingerprint density at radius 2 is 1.92 bits per heavy atom. The van der Waals surface area contributed by atoms with Crippen molar-refractivity contribution in [1.82, 2.24) is 0 Å². The summed E-state index contributed by atoms with van der Waals surface area (Å²) >= 11 is 0. The molecule has 1 N–H and O–H groups in total. The fourth-order valence-electron chi connectivity index (χ4n) is 1.28. The number of aliphatic imine (C=N–C) groups is 1. The molecule has 0 saturated heterocycles. The Morgan fingerprint density at radius 1 is 1.50 bits per heavy atom. The smallest absolute Gasteiger partial charge is 0.104 e. The van der Waals surface area contributed by atoms with Gasteiger partial charge in [-0.25, -0.2) is 0 Å². The van der Waals surface area contributed by atoms with E-state index < -0.39 is 5.60 Å². The van der Waals surface area contributed by atoms with Crippen LogP contribution in [0.2, 0.25) is 0 Å². The second-order valence-corrected chi connectivity index (χ2v) is 3.24. The van der Waals surface area contributed by atoms with Crippen molar-refractivity contribution in [3.8, 4) is 0 Å². The van der Waals surface area contributed by atoms with Gasteiger partial charge < -0.3 is 5.11 Å². The van der Waals surface area contributed by atoms with E-state index in [-0.39, 0.29) is 44.5 Å². The summed E-state index contributed by atoms with van der Waals surface area (Å²) in [4.78, 5) is 4.02. The molecule has 0 bridgehead atoms. The van der Waals surface area contributed by atoms with E-state index in [0.717, 1.165) is 12.1 Å². The molecule has 12 heavy (non-hydrogen) atoms. The fraction of sp³-hybridized carbons (Fsp3) is 0.889. The van der Waals surface area contributed by atoms with Gasteiger partial charge in [0.2, 0.25) is 0 Å². The van der Waals surface area contributed by atoms with Crippen molar-refractivity contribution in [3.05, 3.63) is 0 Å². The van der Waals surface area contributed by atoms with Gasteiger partial charge in [-0.15, -0.1) is 0 Å². The second-order valence-electron chi connectivity index (χ2n) is 3.24. The zero-order chi connectivity index (χ0) is 9.07. The Hall–Kier alpha value is 0.916. The number of rotatable bonds is 3. The normalized spacial score (nSPS) is 17.1. The van der Waals surface area contributed by atoms with Crippen LogP contribution in [0.3, 0.4) is 0 Å². The molecule has 0 fully saturated rings. The summed E-state index contributed by atoms with van der Waals surface area (Å²) in [5.41, 5.74) is 0.129. The summed E-state index contributed by atoms with van der Waals surface area (Å²) in [6.07, 6.45) is 0.730. The largest absolute Gasteiger partial charge is 0.384 e. The predicted molar refractivity (Wildman–Crippen MR) is 49.1 cm³/mol. The third-order valence-corrected chi connectivity index (χ3v) is 2.46. The van der Waals surface area contributed by atoms with E-state index in [9.17, 15) is 5.11 Å². The number of aliphatic hydroxyl groups is 1. The van der Waals surface area contributed by atoms with E-state index in [1.54, 1.807) is 7.05 Å². The summed E-state index contributed by atoms with van der Waals surface area (Å²) in [5.74, 6) is 0.233. The average molecular weight is 316 g/mol. The van der Waals surface area contributed by atoms with Crippen molar-refractivity contribution in [2.24, 2.45) is 10.9 Å². The summed E-state index contributed by atoms with van der Waals surface area (Å²) in [6, 6.07) is 0. The SMILES string of the molecule is CCC(O)(C(C)=NC)C(C)C.[Tb]. The van der Waals surface area contributed by atoms with Gasteiger partial charge in [0.25, 0.3) is 0 Å². The van der Waals surface area contributed by atoms with E-state index in [4.69, 9.17) is 0 Å². The van der Waals surface area contributed by atoms with Crippen LogP contribution in [0.4, 0.5) is 0 Å². The third kappa shape index (κ3) is 3.34. The predicted octanol–water partition coefficient (Wildman–Crippen LogP) is 1.87. The molecular formula is C9H19NOTb. The zero-order valence-electron chi connectivity index (χ0n) is 8.51. The maximum absolute atomic E-state index is 10.0. The fourth-order valence-corrected chi connectivity index (χ4v) is 1.28. The van der Waals surface area contributed by atoms with Crippen molar-refractivity contribution < 1.29 is 43.7 Å². The molecule has 0 aromatic rings. The Bertz CT molecular complexity index is 157. The Labute approximate surface area is 106 Å². The van der Waals surface area contributed by atoms with Crippen LogP contribution in [0.5, 0.6) is 0 Å². The standard InChI is InChI=1S/C9H19NO.Tb/c1-6-9(11,7(2)3)8(4)10-5;/h7,11H,6H2,1-5H3;. The van der Waals surface area contributed by atoms with Crippen LogP contribution in [0.15, 0.2) is 4.99 Å². The molecule has 0 spiro atoms. The average Bonchev–Trinajstić information content (AvgIpc) is 2.01. The first-order valence-electron chi connectivity index (χ1n) is 4.15. The first kappa shape index (κ1) is 15.4. The molecule has 0 amide bonds. The molecule has 0 rings (SSSR count). The molecule has 0 aromatic carbocycles. The minimum absolute atomic E-state index is 0. The van der Waals surface area contributed by atoms with Crippen molar-refractivity contribution in [1.29, 1.82) is 0 Å². The molecule has 75 valence electrons. The van der Waals surface area contributed by atoms with Crippen LogP contribution in [-0.4, -0.2) is 23.5 Å². The molecular weight excluding hydrogens is 297 g/mol. The molecule has 3 heteroatoms. The van der Waals surface area contributed by atoms with Gasteiger partial charge in [0.15, 0.2) is 0 Å². The maximum atomic E-state index is 10.0. The van der Waals surface area contributed by atoms with Gasteiger partial charge in [0.1, 0.15) is 5.60 Å². The molecule has 0 aliphatic heterocycles. The Morgan fingerprint density at radius 3 is 2.00 bits per heavy atom. The quantitative estimate of drug-likeness (QED) is 0.792. The van der Waals surface area contributed by atoms with Gasteiger partial charge in [0, 0.05) is 51.4 Å². The van der Waals surface area contributed by atoms with Crippen molar-refractivity contribution in [2.45, 2.75) is 39.7 Å². The summed E-state index contributed by atoms with van der Waals surface area (Å²) < 4.78 is 0. The molecule has 0 aromatic heterocycles. The molecule has 0 heterocycles. The van der Waals surface area contributed by atoms with E-state index in [1.807, 2.05) is 27.7 Å². The van der Waals surface area contributed by atoms with Crippen LogP contribution in [0.1, 0.15) is 34.1 Å². The summed E-state index contributed by atoms with van der Waals surface area (Å²) in [6.45, 7) is 7.88. The molecule has 0 saturated carbocycles. The van der Waals surface area contributed by atoms with Gasteiger partial charge in [0.05, 0.1) is 0 Å². The van der Waals surface area contributed by atoms with E-state index >= 15 is 0 Å². The van der Waals surface area contributed by atoms with Crippen LogP contribution >= 0.6 is 0 Å². The summed E-state index contributed by atoms with van der Waals surface area (Å²) in [7, 11) is 1.72. The van der Waals surface area contributed by atoms with Gasteiger partial charge in [-0.2, -0.15) is 0 Å². The molecule has 0 aliphatic carbocycles. The van der Waals surface area contributed by atoms with Gasteiger partial charge in [-0.05, 0) is 19.3 Å². The Balaban J connectivity index is 0. The van der Waals surface area contributed by atoms with Crippen LogP contribution in [0, 0.1) is 44.5 Å². The Kier molecular flexibility index (Phi) is 8.18. The molecule has 1 radical (unpaired) electrons. The maximum Gasteiger partial charge on any atom is 0.104 e. The summed E-state index contributed by atoms with van der Waals surface area (Å²) in [5, 5.41) is 10.0. The number of hydrogen-bond donors (Lipinski definition) is 1. The van der Waals surface area contributed by atoms with Crippen molar-refractivity contribution >= 4 is 5.71 Å². The zero-order valence-corrected chi connectivity index (χ0v) is 10.7. The first-order valence-corrected chi connectivity index (χ1v) is 4.15. The monoisotopic (exact) mass is 316 g/mol. The van der Waals surface area contributed by atoms with E-state index in [1.165, 1.54) is 0 Å². The first-order chi connectivity index (χ1) is 4.99. The number of nitrogens with zero attached hydrogens (tertiary/aromatic N) is 1. The molecule has 2 nitrogen and oxygen atoms in total. The van der Waals surface area contributed by atoms with E-state index in [0.29, 0.717) is 0 Å². The van der Waals surface area contributed by atoms with Crippen molar-refractivity contribution in [3.63, 3.8) is 0 Å². The second kappa shape index (κ2) is 6.38. The minimum Gasteiger partial charge on any atom is -0.384 e.